The van der Waals surface area contributed by atoms with Crippen molar-refractivity contribution in [2.75, 3.05) is 11.3 Å². The van der Waals surface area contributed by atoms with Crippen molar-refractivity contribution < 1.29 is 26.3 Å². The monoisotopic (exact) mass is 461 g/mol. The number of unbranched alkanes of at least 4 members (excludes halogenated alkanes) is 1. The summed E-state index contributed by atoms with van der Waals surface area (Å²) < 4.78 is 73.0. The fraction of sp³-hybridized carbons (Fsp3) is 0.167. The average molecular weight is 462 g/mol. The molecule has 168 valence electrons. The summed E-state index contributed by atoms with van der Waals surface area (Å²) in [5, 5.41) is 0. The maximum absolute atomic E-state index is 13.4. The Morgan fingerprint density at radius 3 is 2.22 bits per heavy atom. The zero-order valence-electron chi connectivity index (χ0n) is 17.0. The summed E-state index contributed by atoms with van der Waals surface area (Å²) in [6.07, 6.45) is 0.138. The largest absolute Gasteiger partial charge is 0.494 e. The van der Waals surface area contributed by atoms with Crippen molar-refractivity contribution in [3.8, 4) is 5.75 Å². The van der Waals surface area contributed by atoms with Gasteiger partial charge in [0.05, 0.1) is 22.8 Å². The van der Waals surface area contributed by atoms with E-state index in [9.17, 15) is 21.6 Å². The molecular formula is C24H22F3NO3S. The van der Waals surface area contributed by atoms with Crippen LogP contribution in [0.25, 0.3) is 6.08 Å². The molecule has 0 bridgehead atoms. The van der Waals surface area contributed by atoms with Gasteiger partial charge in [0.15, 0.2) is 0 Å². The Labute approximate surface area is 185 Å². The van der Waals surface area contributed by atoms with Crippen LogP contribution in [0.2, 0.25) is 0 Å². The van der Waals surface area contributed by atoms with Crippen molar-refractivity contribution in [1.29, 1.82) is 0 Å². The van der Waals surface area contributed by atoms with Gasteiger partial charge in [-0.3, -0.25) is 4.72 Å². The lowest BCUT2D eigenvalue weighted by molar-refractivity contribution is -0.136. The minimum absolute atomic E-state index is 0.118. The number of hydrogen-bond donors (Lipinski definition) is 1. The predicted octanol–water partition coefficient (Wildman–Crippen LogP) is 6.38. The highest BCUT2D eigenvalue weighted by atomic mass is 32.2. The molecule has 0 heterocycles. The number of alkyl halides is 3. The molecule has 3 rings (SSSR count). The van der Waals surface area contributed by atoms with Crippen LogP contribution in [0.15, 0.2) is 89.8 Å². The molecule has 3 aromatic rings. The molecule has 0 unspecified atom stereocenters. The third kappa shape index (κ3) is 6.62. The van der Waals surface area contributed by atoms with Gasteiger partial charge in [0.1, 0.15) is 5.75 Å². The van der Waals surface area contributed by atoms with Crippen LogP contribution in [0.1, 0.15) is 24.0 Å². The molecule has 4 nitrogen and oxygen atoms in total. The average Bonchev–Trinajstić information content (AvgIpc) is 2.76. The Hall–Kier alpha value is -3.26. The third-order valence-corrected chi connectivity index (χ3v) is 5.87. The van der Waals surface area contributed by atoms with Crippen molar-refractivity contribution in [2.24, 2.45) is 0 Å². The molecular weight excluding hydrogens is 439 g/mol. The number of benzene rings is 3. The van der Waals surface area contributed by atoms with E-state index < -0.39 is 27.5 Å². The number of allylic oxidation sites excluding steroid dienone is 1. The van der Waals surface area contributed by atoms with E-state index >= 15 is 0 Å². The molecule has 0 radical (unpaired) electrons. The van der Waals surface area contributed by atoms with E-state index in [0.29, 0.717) is 18.6 Å². The third-order valence-electron chi connectivity index (χ3n) is 4.48. The first-order valence-corrected chi connectivity index (χ1v) is 11.4. The lowest BCUT2D eigenvalue weighted by Gasteiger charge is -2.15. The molecule has 0 saturated heterocycles. The topological polar surface area (TPSA) is 55.4 Å². The minimum atomic E-state index is -4.70. The second kappa shape index (κ2) is 10.4. The van der Waals surface area contributed by atoms with Crippen molar-refractivity contribution in [1.82, 2.24) is 0 Å². The number of nitrogens with one attached hydrogen (secondary N) is 1. The molecule has 0 aromatic heterocycles. The zero-order valence-corrected chi connectivity index (χ0v) is 17.9. The predicted molar refractivity (Wildman–Crippen MR) is 119 cm³/mol. The molecule has 0 aliphatic heterocycles. The quantitative estimate of drug-likeness (QED) is 0.376. The maximum Gasteiger partial charge on any atom is 0.418 e. The highest BCUT2D eigenvalue weighted by molar-refractivity contribution is 7.92. The summed E-state index contributed by atoms with van der Waals surface area (Å²) in [5.41, 5.74) is -1.12. The van der Waals surface area contributed by atoms with Crippen molar-refractivity contribution in [2.45, 2.75) is 23.9 Å². The lowest BCUT2D eigenvalue weighted by atomic mass is 10.1. The number of anilines is 1. The molecule has 3 aromatic carbocycles. The second-order valence-electron chi connectivity index (χ2n) is 6.93. The molecule has 0 saturated carbocycles. The number of ether oxygens (including phenoxy) is 1. The second-order valence-corrected chi connectivity index (χ2v) is 8.61. The summed E-state index contributed by atoms with van der Waals surface area (Å²) in [4.78, 5) is -0.118. The van der Waals surface area contributed by atoms with E-state index in [-0.39, 0.29) is 4.90 Å². The molecule has 0 atom stereocenters. The highest BCUT2D eigenvalue weighted by Crippen LogP contribution is 2.36. The van der Waals surface area contributed by atoms with Gasteiger partial charge >= 0.3 is 6.18 Å². The summed E-state index contributed by atoms with van der Waals surface area (Å²) in [5.74, 6) is 0.773. The molecule has 0 spiro atoms. The van der Waals surface area contributed by atoms with Crippen LogP contribution in [0.4, 0.5) is 18.9 Å². The number of rotatable bonds is 9. The Morgan fingerprint density at radius 1 is 0.906 bits per heavy atom. The Kier molecular flexibility index (Phi) is 7.58. The van der Waals surface area contributed by atoms with Crippen LogP contribution in [0.3, 0.4) is 0 Å². The van der Waals surface area contributed by atoms with Crippen LogP contribution < -0.4 is 9.46 Å². The molecule has 0 fully saturated rings. The minimum Gasteiger partial charge on any atom is -0.494 e. The van der Waals surface area contributed by atoms with Crippen LogP contribution in [-0.2, 0) is 16.2 Å². The number of hydrogen-bond acceptors (Lipinski definition) is 3. The summed E-state index contributed by atoms with van der Waals surface area (Å²) in [6, 6.07) is 20.0. The summed E-state index contributed by atoms with van der Waals surface area (Å²) >= 11 is 0. The van der Waals surface area contributed by atoms with Gasteiger partial charge in [-0.1, -0.05) is 54.6 Å². The Bertz CT molecular complexity index is 1150. The summed E-state index contributed by atoms with van der Waals surface area (Å²) in [7, 11) is -4.16. The van der Waals surface area contributed by atoms with Gasteiger partial charge in [-0.2, -0.15) is 13.2 Å². The van der Waals surface area contributed by atoms with Crippen molar-refractivity contribution in [3.63, 3.8) is 0 Å². The normalized spacial score (nSPS) is 12.1. The van der Waals surface area contributed by atoms with E-state index in [0.717, 1.165) is 18.2 Å². The fourth-order valence-electron chi connectivity index (χ4n) is 2.93. The van der Waals surface area contributed by atoms with Crippen LogP contribution in [0, 0.1) is 0 Å². The molecule has 0 aliphatic carbocycles. The molecule has 0 amide bonds. The lowest BCUT2D eigenvalue weighted by Crippen LogP contribution is -2.17. The van der Waals surface area contributed by atoms with Gasteiger partial charge in [-0.05, 0) is 54.8 Å². The Morgan fingerprint density at radius 2 is 1.56 bits per heavy atom. The van der Waals surface area contributed by atoms with Gasteiger partial charge in [0.25, 0.3) is 10.0 Å². The van der Waals surface area contributed by atoms with E-state index in [1.807, 2.05) is 36.4 Å². The van der Waals surface area contributed by atoms with Crippen LogP contribution >= 0.6 is 0 Å². The molecule has 1 N–H and O–H groups in total. The standard InChI is InChI=1S/C24H22F3NO3S/c25-24(26,27)22-16-15-19(10-4-3-9-17-31-20-11-5-1-6-12-20)18-23(22)28-32(29,30)21-13-7-2-8-14-21/h1-2,4-8,10-16,18,28H,3,9,17H2/b10-4+. The van der Waals surface area contributed by atoms with E-state index in [4.69, 9.17) is 4.74 Å². The van der Waals surface area contributed by atoms with E-state index in [2.05, 4.69) is 4.72 Å². The van der Waals surface area contributed by atoms with Gasteiger partial charge in [0, 0.05) is 0 Å². The molecule has 8 heteroatoms. The number of para-hydroxylation sites is 1. The first-order valence-electron chi connectivity index (χ1n) is 9.89. The smallest absolute Gasteiger partial charge is 0.418 e. The van der Waals surface area contributed by atoms with Crippen molar-refractivity contribution >= 4 is 21.8 Å². The Balaban J connectivity index is 1.69. The summed E-state index contributed by atoms with van der Waals surface area (Å²) in [6.45, 7) is 0.503. The molecule has 0 aliphatic rings. The van der Waals surface area contributed by atoms with Gasteiger partial charge in [-0.25, -0.2) is 8.42 Å². The highest BCUT2D eigenvalue weighted by Gasteiger charge is 2.34. The first kappa shape index (κ1) is 23.4. The van der Waals surface area contributed by atoms with Gasteiger partial charge in [-0.15, -0.1) is 0 Å². The van der Waals surface area contributed by atoms with Crippen molar-refractivity contribution in [3.05, 3.63) is 96.1 Å². The van der Waals surface area contributed by atoms with E-state index in [1.165, 1.54) is 36.4 Å². The van der Waals surface area contributed by atoms with Crippen LogP contribution in [0.5, 0.6) is 5.75 Å². The maximum atomic E-state index is 13.4. The van der Waals surface area contributed by atoms with Gasteiger partial charge in [0.2, 0.25) is 0 Å². The zero-order chi connectivity index (χ0) is 23.0. The fourth-order valence-corrected chi connectivity index (χ4v) is 4.02. The SMILES string of the molecule is O=S(=O)(Nc1cc(/C=C/CCCOc2ccccc2)ccc1C(F)(F)F)c1ccccc1. The molecule has 32 heavy (non-hydrogen) atoms. The van der Waals surface area contributed by atoms with Gasteiger partial charge < -0.3 is 4.74 Å². The number of halogens is 3. The van der Waals surface area contributed by atoms with E-state index in [1.54, 1.807) is 12.1 Å². The first-order chi connectivity index (χ1) is 15.3. The number of sulfonamides is 1. The van der Waals surface area contributed by atoms with Crippen LogP contribution in [-0.4, -0.2) is 15.0 Å².